The molecule has 1 heterocycles. The Morgan fingerprint density at radius 3 is 2.13 bits per heavy atom. The molecular formula is C34H30FN3O6S. The summed E-state index contributed by atoms with van der Waals surface area (Å²) in [5.74, 6) is -0.526. The lowest BCUT2D eigenvalue weighted by molar-refractivity contribution is -0.143. The lowest BCUT2D eigenvalue weighted by Gasteiger charge is -2.31. The normalized spacial score (nSPS) is 11.8. The van der Waals surface area contributed by atoms with Gasteiger partial charge in [0.15, 0.2) is 6.61 Å². The molecule has 2 N–H and O–H groups in total. The van der Waals surface area contributed by atoms with Crippen molar-refractivity contribution in [3.8, 4) is 5.75 Å². The number of nitrogens with one attached hydrogen (secondary N) is 2. The Kier molecular flexibility index (Phi) is 9.90. The van der Waals surface area contributed by atoms with Crippen LogP contribution in [0.15, 0.2) is 137 Å². The van der Waals surface area contributed by atoms with E-state index in [4.69, 9.17) is 9.15 Å². The SMILES string of the molecule is O=C(NCc1ccco1)[C@H](c1ccccc1)N(Cc1ccccc1)C(=O)COc1ccc(S(=O)(=O)Nc2ccc(F)cc2)cc1. The van der Waals surface area contributed by atoms with Crippen molar-refractivity contribution in [2.24, 2.45) is 0 Å². The van der Waals surface area contributed by atoms with E-state index >= 15 is 0 Å². The van der Waals surface area contributed by atoms with E-state index in [1.807, 2.05) is 36.4 Å². The number of rotatable bonds is 13. The molecule has 45 heavy (non-hydrogen) atoms. The summed E-state index contributed by atoms with van der Waals surface area (Å²) in [4.78, 5) is 28.9. The van der Waals surface area contributed by atoms with Crippen LogP contribution in [0.4, 0.5) is 10.1 Å². The molecule has 0 fully saturated rings. The highest BCUT2D eigenvalue weighted by molar-refractivity contribution is 7.92. The van der Waals surface area contributed by atoms with Gasteiger partial charge in [0.25, 0.3) is 15.9 Å². The molecule has 0 aliphatic rings. The van der Waals surface area contributed by atoms with Gasteiger partial charge in [0.1, 0.15) is 23.4 Å². The van der Waals surface area contributed by atoms with Gasteiger partial charge in [-0.25, -0.2) is 12.8 Å². The Morgan fingerprint density at radius 2 is 1.49 bits per heavy atom. The zero-order valence-electron chi connectivity index (χ0n) is 24.0. The molecule has 0 saturated carbocycles. The molecular weight excluding hydrogens is 597 g/mol. The molecule has 1 aromatic heterocycles. The van der Waals surface area contributed by atoms with Gasteiger partial charge in [-0.15, -0.1) is 0 Å². The second kappa shape index (κ2) is 14.4. The van der Waals surface area contributed by atoms with E-state index in [2.05, 4.69) is 10.0 Å². The van der Waals surface area contributed by atoms with Crippen LogP contribution in [0.2, 0.25) is 0 Å². The van der Waals surface area contributed by atoms with Gasteiger partial charge in [-0.1, -0.05) is 60.7 Å². The second-order valence-electron chi connectivity index (χ2n) is 9.99. The predicted octanol–water partition coefficient (Wildman–Crippen LogP) is 5.68. The molecule has 2 amide bonds. The van der Waals surface area contributed by atoms with Gasteiger partial charge in [0.05, 0.1) is 17.7 Å². The molecule has 0 aliphatic heterocycles. The zero-order valence-corrected chi connectivity index (χ0v) is 24.8. The first kappa shape index (κ1) is 31.0. The van der Waals surface area contributed by atoms with Crippen LogP contribution in [-0.4, -0.2) is 31.7 Å². The highest BCUT2D eigenvalue weighted by atomic mass is 32.2. The minimum atomic E-state index is -3.95. The maximum absolute atomic E-state index is 13.8. The number of benzene rings is 4. The number of nitrogens with zero attached hydrogens (tertiary/aromatic N) is 1. The van der Waals surface area contributed by atoms with Gasteiger partial charge in [0, 0.05) is 12.2 Å². The smallest absolute Gasteiger partial charge is 0.261 e. The number of carbonyl (C=O) groups is 2. The van der Waals surface area contributed by atoms with Gasteiger partial charge in [-0.3, -0.25) is 14.3 Å². The molecule has 5 rings (SSSR count). The van der Waals surface area contributed by atoms with E-state index in [0.29, 0.717) is 11.3 Å². The first-order valence-corrected chi connectivity index (χ1v) is 15.5. The van der Waals surface area contributed by atoms with Crippen molar-refractivity contribution >= 4 is 27.5 Å². The fraction of sp³-hybridized carbons (Fsp3) is 0.118. The van der Waals surface area contributed by atoms with E-state index in [1.54, 1.807) is 36.4 Å². The number of anilines is 1. The van der Waals surface area contributed by atoms with Gasteiger partial charge in [-0.2, -0.15) is 0 Å². The molecule has 4 aromatic carbocycles. The summed E-state index contributed by atoms with van der Waals surface area (Å²) in [5, 5.41) is 2.87. The van der Waals surface area contributed by atoms with Crippen LogP contribution < -0.4 is 14.8 Å². The number of halogens is 1. The van der Waals surface area contributed by atoms with Gasteiger partial charge in [0.2, 0.25) is 5.91 Å². The lowest BCUT2D eigenvalue weighted by atomic mass is 10.0. The second-order valence-corrected chi connectivity index (χ2v) is 11.7. The van der Waals surface area contributed by atoms with Crippen LogP contribution in [-0.2, 0) is 32.7 Å². The monoisotopic (exact) mass is 627 g/mol. The van der Waals surface area contributed by atoms with E-state index < -0.39 is 40.3 Å². The molecule has 230 valence electrons. The maximum atomic E-state index is 13.8. The van der Waals surface area contributed by atoms with Crippen LogP contribution >= 0.6 is 0 Å². The van der Waals surface area contributed by atoms with E-state index in [1.165, 1.54) is 47.6 Å². The van der Waals surface area contributed by atoms with Crippen molar-refractivity contribution in [3.05, 3.63) is 150 Å². The number of hydrogen-bond donors (Lipinski definition) is 2. The molecule has 11 heteroatoms. The number of amides is 2. The summed E-state index contributed by atoms with van der Waals surface area (Å²) in [7, 11) is -3.95. The third kappa shape index (κ3) is 8.36. The van der Waals surface area contributed by atoms with Gasteiger partial charge < -0.3 is 19.4 Å². The molecule has 1 atom stereocenters. The van der Waals surface area contributed by atoms with Crippen molar-refractivity contribution in [1.29, 1.82) is 0 Å². The van der Waals surface area contributed by atoms with Crippen LogP contribution in [0.25, 0.3) is 0 Å². The topological polar surface area (TPSA) is 118 Å². The molecule has 0 bridgehead atoms. The summed E-state index contributed by atoms with van der Waals surface area (Å²) in [6.45, 7) is -0.144. The Bertz CT molecular complexity index is 1800. The van der Waals surface area contributed by atoms with E-state index in [0.717, 1.165) is 17.7 Å². The van der Waals surface area contributed by atoms with Crippen molar-refractivity contribution in [2.45, 2.75) is 24.0 Å². The molecule has 0 radical (unpaired) electrons. The third-order valence-corrected chi connectivity index (χ3v) is 8.20. The number of carbonyl (C=O) groups excluding carboxylic acids is 2. The van der Waals surface area contributed by atoms with Crippen LogP contribution in [0.3, 0.4) is 0 Å². The van der Waals surface area contributed by atoms with Crippen LogP contribution in [0.1, 0.15) is 22.9 Å². The Hall–Kier alpha value is -5.42. The molecule has 0 aliphatic carbocycles. The number of sulfonamides is 1. The van der Waals surface area contributed by atoms with Crippen LogP contribution in [0.5, 0.6) is 5.75 Å². The highest BCUT2D eigenvalue weighted by Gasteiger charge is 2.32. The third-order valence-electron chi connectivity index (χ3n) is 6.80. The number of furan rings is 1. The van der Waals surface area contributed by atoms with Crippen LogP contribution in [0, 0.1) is 5.82 Å². The summed E-state index contributed by atoms with van der Waals surface area (Å²) in [6.07, 6.45) is 1.52. The van der Waals surface area contributed by atoms with Gasteiger partial charge in [-0.05, 0) is 71.8 Å². The fourth-order valence-electron chi connectivity index (χ4n) is 4.57. The minimum Gasteiger partial charge on any atom is -0.484 e. The standard InChI is InChI=1S/C34H30FN3O6S/c35-27-13-15-28(16-14-27)37-45(41,42)31-19-17-29(18-20-31)44-24-32(39)38(23-25-8-3-1-4-9-25)33(26-10-5-2-6-11-26)34(40)36-22-30-12-7-21-43-30/h1-21,33,37H,22-24H2,(H,36,40)/t33-/m0/s1. The summed E-state index contributed by atoms with van der Waals surface area (Å²) < 4.78 is 52.3. The molecule has 0 saturated heterocycles. The lowest BCUT2D eigenvalue weighted by Crippen LogP contribution is -2.45. The minimum absolute atomic E-state index is 0.0476. The summed E-state index contributed by atoms with van der Waals surface area (Å²) in [5.41, 5.74) is 1.64. The number of ether oxygens (including phenoxy) is 1. The Morgan fingerprint density at radius 1 is 0.822 bits per heavy atom. The Balaban J connectivity index is 1.33. The summed E-state index contributed by atoms with van der Waals surface area (Å²) in [6, 6.07) is 31.2. The average Bonchev–Trinajstić information content (AvgIpc) is 3.58. The van der Waals surface area contributed by atoms with Crippen molar-refractivity contribution in [3.63, 3.8) is 0 Å². The van der Waals surface area contributed by atoms with Crippen molar-refractivity contribution in [2.75, 3.05) is 11.3 Å². The molecule has 9 nitrogen and oxygen atoms in total. The first-order chi connectivity index (χ1) is 21.8. The van der Waals surface area contributed by atoms with Crippen molar-refractivity contribution < 1.29 is 31.6 Å². The highest BCUT2D eigenvalue weighted by Crippen LogP contribution is 2.25. The zero-order chi connectivity index (χ0) is 31.6. The maximum Gasteiger partial charge on any atom is 0.261 e. The number of hydrogen-bond acceptors (Lipinski definition) is 6. The Labute approximate surface area is 260 Å². The fourth-order valence-corrected chi connectivity index (χ4v) is 5.63. The summed E-state index contributed by atoms with van der Waals surface area (Å²) >= 11 is 0. The molecule has 0 unspecified atom stereocenters. The van der Waals surface area contributed by atoms with Gasteiger partial charge >= 0.3 is 0 Å². The largest absolute Gasteiger partial charge is 0.484 e. The van der Waals surface area contributed by atoms with Crippen molar-refractivity contribution in [1.82, 2.24) is 10.2 Å². The van der Waals surface area contributed by atoms with E-state index in [-0.39, 0.29) is 29.4 Å². The molecule has 5 aromatic rings. The van der Waals surface area contributed by atoms with E-state index in [9.17, 15) is 22.4 Å². The average molecular weight is 628 g/mol. The predicted molar refractivity (Wildman–Crippen MR) is 166 cm³/mol. The quantitative estimate of drug-likeness (QED) is 0.173. The molecule has 0 spiro atoms. The first-order valence-electron chi connectivity index (χ1n) is 14.0.